The Hall–Kier alpha value is -0.950. The molecular weight excluding hydrogens is 294 g/mol. The van der Waals surface area contributed by atoms with Gasteiger partial charge in [0.1, 0.15) is 0 Å². The van der Waals surface area contributed by atoms with Gasteiger partial charge in [0.05, 0.1) is 0 Å². The van der Waals surface area contributed by atoms with Gasteiger partial charge in [0.25, 0.3) is 0 Å². The van der Waals surface area contributed by atoms with E-state index in [1.165, 1.54) is 20.3 Å². The van der Waals surface area contributed by atoms with Crippen LogP contribution >= 0.6 is 27.3 Å². The zero-order chi connectivity index (χ0) is 11.7. The van der Waals surface area contributed by atoms with Crippen LogP contribution in [-0.4, -0.2) is 19.3 Å². The molecule has 0 unspecified atom stereocenters. The Labute approximate surface area is 104 Å². The molecule has 2 aromatic heterocycles. The van der Waals surface area contributed by atoms with Crippen LogP contribution in [0.2, 0.25) is 0 Å². The summed E-state index contributed by atoms with van der Waals surface area (Å²) in [6, 6.07) is 0. The Kier molecular flexibility index (Phi) is 3.25. The van der Waals surface area contributed by atoms with Crippen LogP contribution in [0.5, 0.6) is 0 Å². The average Bonchev–Trinajstić information content (AvgIpc) is 2.59. The summed E-state index contributed by atoms with van der Waals surface area (Å²) in [5, 5.41) is 0.754. The Morgan fingerprint density at radius 1 is 1.50 bits per heavy atom. The Balaban J connectivity index is 2.65. The first-order valence-corrected chi connectivity index (χ1v) is 6.73. The molecule has 0 spiro atoms. The van der Waals surface area contributed by atoms with E-state index in [0.29, 0.717) is 11.5 Å². The number of aromatic nitrogens is 3. The molecule has 2 heterocycles. The van der Waals surface area contributed by atoms with Crippen LogP contribution in [0.15, 0.2) is 15.8 Å². The minimum absolute atomic E-state index is 0.305. The van der Waals surface area contributed by atoms with Gasteiger partial charge < -0.3 is 0 Å². The molecule has 0 bridgehead atoms. The fourth-order valence-corrected chi connectivity index (χ4v) is 2.48. The third-order valence-corrected chi connectivity index (χ3v) is 3.60. The van der Waals surface area contributed by atoms with E-state index < -0.39 is 5.69 Å². The van der Waals surface area contributed by atoms with E-state index in [1.807, 2.05) is 6.92 Å². The summed E-state index contributed by atoms with van der Waals surface area (Å²) in [4.78, 5) is 28.8. The number of alkyl halides is 1. The molecule has 0 saturated carbocycles. The van der Waals surface area contributed by atoms with Crippen LogP contribution in [0.4, 0.5) is 0 Å². The lowest BCUT2D eigenvalue weighted by Gasteiger charge is -2.01. The first-order valence-electron chi connectivity index (χ1n) is 4.79. The van der Waals surface area contributed by atoms with E-state index in [1.54, 1.807) is 6.20 Å². The third kappa shape index (κ3) is 1.97. The predicted octanol–water partition coefficient (Wildman–Crippen LogP) is 1.01. The van der Waals surface area contributed by atoms with E-state index >= 15 is 0 Å². The molecule has 0 fully saturated rings. The molecule has 86 valence electrons. The fourth-order valence-electron chi connectivity index (χ4n) is 1.43. The summed E-state index contributed by atoms with van der Waals surface area (Å²) in [6.45, 7) is 2.28. The lowest BCUT2D eigenvalue weighted by molar-refractivity contribution is 0.595. The number of aryl methyl sites for hydroxylation is 1. The maximum atomic E-state index is 11.9. The molecule has 0 aliphatic heterocycles. The van der Waals surface area contributed by atoms with Crippen LogP contribution in [0.3, 0.4) is 0 Å². The number of fused-ring (bicyclic) bond motifs is 1. The van der Waals surface area contributed by atoms with E-state index in [-0.39, 0.29) is 5.69 Å². The van der Waals surface area contributed by atoms with Gasteiger partial charge in [0.15, 0.2) is 0 Å². The molecule has 0 aliphatic rings. The van der Waals surface area contributed by atoms with Crippen LogP contribution < -0.4 is 11.4 Å². The van der Waals surface area contributed by atoms with Crippen molar-refractivity contribution >= 4 is 32.2 Å². The molecule has 0 amide bonds. The largest absolute Gasteiger partial charge is 0.354 e. The summed E-state index contributed by atoms with van der Waals surface area (Å²) in [6.07, 6.45) is 2.44. The molecule has 0 aromatic carbocycles. The Morgan fingerprint density at radius 2 is 2.25 bits per heavy atom. The van der Waals surface area contributed by atoms with Gasteiger partial charge in [-0.3, -0.25) is 0 Å². The molecule has 0 atom stereocenters. The Morgan fingerprint density at radius 3 is 2.94 bits per heavy atom. The average molecular weight is 304 g/mol. The number of rotatable bonds is 3. The second-order valence-electron chi connectivity index (χ2n) is 3.37. The van der Waals surface area contributed by atoms with Gasteiger partial charge in [-0.15, -0.1) is 11.3 Å². The van der Waals surface area contributed by atoms with Crippen LogP contribution in [0, 0.1) is 6.92 Å². The standard InChI is InChI=1S/C9H10BrN3O2S/c1-6-5-13-8(16-6)11-7(14)12(9(13)15)4-2-3-10/h5H,2-4H2,1H3. The van der Waals surface area contributed by atoms with E-state index in [4.69, 9.17) is 0 Å². The van der Waals surface area contributed by atoms with Gasteiger partial charge in [-0.05, 0) is 13.3 Å². The third-order valence-electron chi connectivity index (χ3n) is 2.14. The fraction of sp³-hybridized carbons (Fsp3) is 0.444. The lowest BCUT2D eigenvalue weighted by atomic mass is 10.5. The summed E-state index contributed by atoms with van der Waals surface area (Å²) in [7, 11) is 0. The van der Waals surface area contributed by atoms with Crippen molar-refractivity contribution in [2.24, 2.45) is 0 Å². The van der Waals surface area contributed by atoms with Gasteiger partial charge >= 0.3 is 11.4 Å². The Bertz CT molecular complexity index is 628. The highest BCUT2D eigenvalue weighted by Gasteiger charge is 2.08. The van der Waals surface area contributed by atoms with Crippen molar-refractivity contribution in [3.63, 3.8) is 0 Å². The molecule has 2 aromatic rings. The maximum Gasteiger partial charge on any atom is 0.354 e. The molecule has 0 saturated heterocycles. The molecule has 0 radical (unpaired) electrons. The molecule has 5 nitrogen and oxygen atoms in total. The number of halogens is 1. The molecular formula is C9H10BrN3O2S. The van der Waals surface area contributed by atoms with Gasteiger partial charge in [-0.2, -0.15) is 4.98 Å². The quantitative estimate of drug-likeness (QED) is 0.795. The van der Waals surface area contributed by atoms with Crippen LogP contribution in [0.25, 0.3) is 4.96 Å². The molecule has 2 rings (SSSR count). The summed E-state index contributed by atoms with van der Waals surface area (Å²) in [5.41, 5.74) is -0.770. The van der Waals surface area contributed by atoms with Crippen molar-refractivity contribution < 1.29 is 0 Å². The van der Waals surface area contributed by atoms with Crippen molar-refractivity contribution in [2.75, 3.05) is 5.33 Å². The lowest BCUT2D eigenvalue weighted by Crippen LogP contribution is -2.38. The van der Waals surface area contributed by atoms with E-state index in [2.05, 4.69) is 20.9 Å². The summed E-state index contributed by atoms with van der Waals surface area (Å²) >= 11 is 4.61. The maximum absolute atomic E-state index is 11.9. The van der Waals surface area contributed by atoms with Crippen molar-refractivity contribution in [1.29, 1.82) is 0 Å². The minimum Gasteiger partial charge on any atom is -0.247 e. The first-order chi connectivity index (χ1) is 7.63. The summed E-state index contributed by atoms with van der Waals surface area (Å²) in [5.74, 6) is 0. The number of hydrogen-bond donors (Lipinski definition) is 0. The first kappa shape index (κ1) is 11.5. The second kappa shape index (κ2) is 4.50. The summed E-state index contributed by atoms with van der Waals surface area (Å²) < 4.78 is 2.59. The number of nitrogens with zero attached hydrogens (tertiary/aromatic N) is 3. The zero-order valence-electron chi connectivity index (χ0n) is 8.64. The van der Waals surface area contributed by atoms with Crippen molar-refractivity contribution in [1.82, 2.24) is 14.0 Å². The topological polar surface area (TPSA) is 56.4 Å². The number of hydrogen-bond acceptors (Lipinski definition) is 4. The molecule has 16 heavy (non-hydrogen) atoms. The van der Waals surface area contributed by atoms with Crippen molar-refractivity contribution in [2.45, 2.75) is 19.9 Å². The highest BCUT2D eigenvalue weighted by molar-refractivity contribution is 9.09. The highest BCUT2D eigenvalue weighted by atomic mass is 79.9. The van der Waals surface area contributed by atoms with Gasteiger partial charge in [0, 0.05) is 22.9 Å². The van der Waals surface area contributed by atoms with Gasteiger partial charge in [-0.25, -0.2) is 18.6 Å². The van der Waals surface area contributed by atoms with E-state index in [0.717, 1.165) is 16.6 Å². The van der Waals surface area contributed by atoms with Gasteiger partial charge in [0.2, 0.25) is 4.96 Å². The van der Waals surface area contributed by atoms with Crippen molar-refractivity contribution in [3.8, 4) is 0 Å². The SMILES string of the molecule is Cc1cn2c(=O)n(CCCBr)c(=O)nc2s1. The predicted molar refractivity (Wildman–Crippen MR) is 66.7 cm³/mol. The van der Waals surface area contributed by atoms with E-state index in [9.17, 15) is 9.59 Å². The smallest absolute Gasteiger partial charge is 0.247 e. The van der Waals surface area contributed by atoms with Crippen molar-refractivity contribution in [3.05, 3.63) is 32.0 Å². The normalized spacial score (nSPS) is 11.1. The second-order valence-corrected chi connectivity index (χ2v) is 5.37. The molecule has 7 heteroatoms. The van der Waals surface area contributed by atoms with Crippen LogP contribution in [0.1, 0.15) is 11.3 Å². The van der Waals surface area contributed by atoms with Gasteiger partial charge in [-0.1, -0.05) is 15.9 Å². The molecule has 0 N–H and O–H groups in total. The monoisotopic (exact) mass is 303 g/mol. The zero-order valence-corrected chi connectivity index (χ0v) is 11.0. The molecule has 0 aliphatic carbocycles. The highest BCUT2D eigenvalue weighted by Crippen LogP contribution is 2.10. The van der Waals surface area contributed by atoms with Crippen LogP contribution in [-0.2, 0) is 6.54 Å². The number of thiazole rings is 1. The minimum atomic E-state index is -0.465.